The Bertz CT molecular complexity index is 1050. The van der Waals surface area contributed by atoms with Gasteiger partial charge in [-0.25, -0.2) is 0 Å². The molecule has 7 nitrogen and oxygen atoms in total. The second-order valence-electron chi connectivity index (χ2n) is 8.15. The highest BCUT2D eigenvalue weighted by Crippen LogP contribution is 2.24. The maximum Gasteiger partial charge on any atom is 0.233 e. The number of rotatable bonds is 8. The number of carbonyl (C=O) groups is 1. The predicted octanol–water partition coefficient (Wildman–Crippen LogP) is 3.96. The van der Waals surface area contributed by atoms with Crippen LogP contribution in [0.25, 0.3) is 0 Å². The van der Waals surface area contributed by atoms with Gasteiger partial charge in [-0.05, 0) is 43.2 Å². The normalized spacial score (nSPS) is 14.9. The van der Waals surface area contributed by atoms with E-state index in [9.17, 15) is 4.79 Å². The topological polar surface area (TPSA) is 63.5 Å². The summed E-state index contributed by atoms with van der Waals surface area (Å²) in [5.74, 6) is 2.03. The molecule has 174 valence electrons. The smallest absolute Gasteiger partial charge is 0.233 e. The fraction of sp³-hybridized carbons (Fsp3) is 0.400. The first-order valence-electron chi connectivity index (χ1n) is 11.4. The molecular formula is C25H31N5O2S. The lowest BCUT2D eigenvalue weighted by atomic mass is 10.2. The Morgan fingerprint density at radius 3 is 2.39 bits per heavy atom. The van der Waals surface area contributed by atoms with Crippen molar-refractivity contribution in [1.29, 1.82) is 0 Å². The summed E-state index contributed by atoms with van der Waals surface area (Å²) in [4.78, 5) is 17.0. The molecule has 0 spiro atoms. The maximum atomic E-state index is 12.8. The van der Waals surface area contributed by atoms with Crippen LogP contribution >= 0.6 is 11.8 Å². The van der Waals surface area contributed by atoms with Gasteiger partial charge in [-0.1, -0.05) is 49.0 Å². The van der Waals surface area contributed by atoms with Gasteiger partial charge in [0.25, 0.3) is 0 Å². The minimum atomic E-state index is -0.244. The van der Waals surface area contributed by atoms with E-state index in [1.165, 1.54) is 23.0 Å². The SMILES string of the molecule is CCc1ccc(OC(C)c2nnc(SCC(=O)N3CCN(c4ccccc4)CC3)n2C)cc1. The van der Waals surface area contributed by atoms with Gasteiger partial charge in [-0.2, -0.15) is 0 Å². The van der Waals surface area contributed by atoms with E-state index in [0.717, 1.165) is 49.3 Å². The zero-order chi connectivity index (χ0) is 23.2. The highest BCUT2D eigenvalue weighted by molar-refractivity contribution is 7.99. The van der Waals surface area contributed by atoms with Crippen molar-refractivity contribution in [3.63, 3.8) is 0 Å². The van der Waals surface area contributed by atoms with Gasteiger partial charge in [0, 0.05) is 38.9 Å². The molecule has 1 aliphatic rings. The Morgan fingerprint density at radius 1 is 1.03 bits per heavy atom. The highest BCUT2D eigenvalue weighted by atomic mass is 32.2. The lowest BCUT2D eigenvalue weighted by Gasteiger charge is -2.36. The zero-order valence-electron chi connectivity index (χ0n) is 19.5. The number of anilines is 1. The maximum absolute atomic E-state index is 12.8. The van der Waals surface area contributed by atoms with Gasteiger partial charge in [0.1, 0.15) is 5.75 Å². The van der Waals surface area contributed by atoms with Crippen LogP contribution in [0.15, 0.2) is 59.8 Å². The summed E-state index contributed by atoms with van der Waals surface area (Å²) in [5.41, 5.74) is 2.49. The molecule has 0 N–H and O–H groups in total. The van der Waals surface area contributed by atoms with Crippen LogP contribution in [0, 0.1) is 0 Å². The number of hydrogen-bond donors (Lipinski definition) is 0. The summed E-state index contributed by atoms with van der Waals surface area (Å²) in [6.45, 7) is 7.27. The second kappa shape index (κ2) is 10.7. The summed E-state index contributed by atoms with van der Waals surface area (Å²) >= 11 is 1.42. The fourth-order valence-electron chi connectivity index (χ4n) is 3.94. The van der Waals surface area contributed by atoms with E-state index in [0.29, 0.717) is 5.75 Å². The highest BCUT2D eigenvalue weighted by Gasteiger charge is 2.23. The number of amides is 1. The monoisotopic (exact) mass is 465 g/mol. The molecule has 1 saturated heterocycles. The van der Waals surface area contributed by atoms with Gasteiger partial charge in [0.15, 0.2) is 17.1 Å². The van der Waals surface area contributed by atoms with Gasteiger partial charge < -0.3 is 19.1 Å². The van der Waals surface area contributed by atoms with E-state index in [1.807, 2.05) is 53.8 Å². The Labute approximate surface area is 199 Å². The number of para-hydroxylation sites is 1. The van der Waals surface area contributed by atoms with E-state index < -0.39 is 0 Å². The molecule has 0 bridgehead atoms. The van der Waals surface area contributed by atoms with Gasteiger partial charge >= 0.3 is 0 Å². The molecule has 1 aliphatic heterocycles. The molecule has 0 aliphatic carbocycles. The lowest BCUT2D eigenvalue weighted by Crippen LogP contribution is -2.49. The molecule has 1 amide bonds. The largest absolute Gasteiger partial charge is 0.483 e. The van der Waals surface area contributed by atoms with Crippen LogP contribution in [0.1, 0.15) is 31.3 Å². The lowest BCUT2D eigenvalue weighted by molar-refractivity contribution is -0.128. The van der Waals surface area contributed by atoms with Crippen LogP contribution in [0.2, 0.25) is 0 Å². The standard InChI is InChI=1S/C25H31N5O2S/c1-4-20-10-12-22(13-11-20)32-19(2)24-26-27-25(28(24)3)33-18-23(31)30-16-14-29(15-17-30)21-8-6-5-7-9-21/h5-13,19H,4,14-18H2,1-3H3. The number of ether oxygens (including phenoxy) is 1. The number of aryl methyl sites for hydroxylation is 1. The number of nitrogens with zero attached hydrogens (tertiary/aromatic N) is 5. The first-order chi connectivity index (χ1) is 16.0. The van der Waals surface area contributed by atoms with E-state index in [1.54, 1.807) is 0 Å². The van der Waals surface area contributed by atoms with Gasteiger partial charge in [0.2, 0.25) is 5.91 Å². The van der Waals surface area contributed by atoms with E-state index >= 15 is 0 Å². The van der Waals surface area contributed by atoms with Crippen molar-refractivity contribution in [3.8, 4) is 5.75 Å². The third-order valence-electron chi connectivity index (χ3n) is 5.96. The minimum Gasteiger partial charge on any atom is -0.483 e. The predicted molar refractivity (Wildman–Crippen MR) is 132 cm³/mol. The first-order valence-corrected chi connectivity index (χ1v) is 12.4. The quantitative estimate of drug-likeness (QED) is 0.469. The van der Waals surface area contributed by atoms with E-state index in [2.05, 4.69) is 46.3 Å². The van der Waals surface area contributed by atoms with Gasteiger partial charge in [-0.3, -0.25) is 4.79 Å². The van der Waals surface area contributed by atoms with E-state index in [-0.39, 0.29) is 12.0 Å². The number of aromatic nitrogens is 3. The molecule has 1 atom stereocenters. The van der Waals surface area contributed by atoms with Crippen LogP contribution in [-0.2, 0) is 18.3 Å². The second-order valence-corrected chi connectivity index (χ2v) is 9.09. The van der Waals surface area contributed by atoms with Crippen molar-refractivity contribution < 1.29 is 9.53 Å². The molecule has 1 aromatic heterocycles. The fourth-order valence-corrected chi connectivity index (χ4v) is 4.76. The molecule has 0 radical (unpaired) electrons. The van der Waals surface area contributed by atoms with E-state index in [4.69, 9.17) is 4.74 Å². The molecule has 0 saturated carbocycles. The third-order valence-corrected chi connectivity index (χ3v) is 6.96. The Morgan fingerprint density at radius 2 is 1.73 bits per heavy atom. The van der Waals surface area contributed by atoms with Crippen LogP contribution in [0.5, 0.6) is 5.75 Å². The van der Waals surface area contributed by atoms with Crippen molar-refractivity contribution in [3.05, 3.63) is 66.0 Å². The minimum absolute atomic E-state index is 0.137. The summed E-state index contributed by atoms with van der Waals surface area (Å²) in [7, 11) is 1.92. The molecule has 8 heteroatoms. The average Bonchev–Trinajstić information content (AvgIpc) is 3.24. The Kier molecular flexibility index (Phi) is 7.54. The molecule has 2 heterocycles. The summed E-state index contributed by atoms with van der Waals surface area (Å²) in [6.07, 6.45) is 0.757. The first kappa shape index (κ1) is 23.2. The number of hydrogen-bond acceptors (Lipinski definition) is 6. The third kappa shape index (κ3) is 5.68. The van der Waals surface area contributed by atoms with Gasteiger partial charge in [-0.15, -0.1) is 10.2 Å². The molecule has 2 aromatic carbocycles. The number of benzene rings is 2. The summed E-state index contributed by atoms with van der Waals surface area (Å²) < 4.78 is 7.96. The molecule has 33 heavy (non-hydrogen) atoms. The number of piperazine rings is 1. The molecule has 4 rings (SSSR count). The van der Waals surface area contributed by atoms with Crippen molar-refractivity contribution >= 4 is 23.4 Å². The van der Waals surface area contributed by atoms with Crippen molar-refractivity contribution in [2.75, 3.05) is 36.8 Å². The van der Waals surface area contributed by atoms with Crippen molar-refractivity contribution in [1.82, 2.24) is 19.7 Å². The number of carbonyl (C=O) groups excluding carboxylic acids is 1. The summed E-state index contributed by atoms with van der Waals surface area (Å²) in [6, 6.07) is 18.5. The molecule has 3 aromatic rings. The van der Waals surface area contributed by atoms with Crippen LogP contribution in [0.3, 0.4) is 0 Å². The van der Waals surface area contributed by atoms with Crippen LogP contribution in [0.4, 0.5) is 5.69 Å². The molecule has 1 fully saturated rings. The Hall–Kier alpha value is -3.00. The van der Waals surface area contributed by atoms with Gasteiger partial charge in [0.05, 0.1) is 5.75 Å². The zero-order valence-corrected chi connectivity index (χ0v) is 20.3. The van der Waals surface area contributed by atoms with Crippen LogP contribution < -0.4 is 9.64 Å². The number of thioether (sulfide) groups is 1. The van der Waals surface area contributed by atoms with Crippen molar-refractivity contribution in [2.45, 2.75) is 31.5 Å². The van der Waals surface area contributed by atoms with Crippen LogP contribution in [-0.4, -0.2) is 57.5 Å². The van der Waals surface area contributed by atoms with Crippen molar-refractivity contribution in [2.24, 2.45) is 7.05 Å². The average molecular weight is 466 g/mol. The molecular weight excluding hydrogens is 434 g/mol. The summed E-state index contributed by atoms with van der Waals surface area (Å²) in [5, 5.41) is 9.33. The molecule has 1 unspecified atom stereocenters. The Balaban J connectivity index is 1.28.